The van der Waals surface area contributed by atoms with Crippen LogP contribution < -0.4 is 5.32 Å². The van der Waals surface area contributed by atoms with E-state index in [1.165, 1.54) is 0 Å². The number of fused-ring (bicyclic) bond motifs is 1. The van der Waals surface area contributed by atoms with Crippen LogP contribution >= 0.6 is 22.7 Å². The molecule has 0 saturated carbocycles. The van der Waals surface area contributed by atoms with E-state index in [2.05, 4.69) is 32.6 Å². The van der Waals surface area contributed by atoms with Gasteiger partial charge in [0.05, 0.1) is 11.4 Å². The van der Waals surface area contributed by atoms with Gasteiger partial charge in [0.2, 0.25) is 0 Å². The smallest absolute Gasteiger partial charge is 0.138 e. The third kappa shape index (κ3) is 2.09. The Labute approximate surface area is 113 Å². The van der Waals surface area contributed by atoms with E-state index in [1.807, 2.05) is 18.4 Å². The van der Waals surface area contributed by atoms with Gasteiger partial charge in [-0.25, -0.2) is 15.0 Å². The minimum absolute atomic E-state index is 0.154. The van der Waals surface area contributed by atoms with Gasteiger partial charge >= 0.3 is 0 Å². The Kier molecular flexibility index (Phi) is 2.97. The molecule has 3 heterocycles. The Morgan fingerprint density at radius 3 is 2.94 bits per heavy atom. The zero-order valence-electron chi connectivity index (χ0n) is 10.0. The summed E-state index contributed by atoms with van der Waals surface area (Å²) < 4.78 is 0. The van der Waals surface area contributed by atoms with Gasteiger partial charge in [-0.3, -0.25) is 0 Å². The summed E-state index contributed by atoms with van der Waals surface area (Å²) in [6.07, 6.45) is 1.60. The Bertz CT molecular complexity index is 673. The topological polar surface area (TPSA) is 50.7 Å². The van der Waals surface area contributed by atoms with E-state index in [-0.39, 0.29) is 6.04 Å². The third-order valence-electron chi connectivity index (χ3n) is 2.62. The molecule has 3 aromatic rings. The van der Waals surface area contributed by atoms with Crippen molar-refractivity contribution in [3.05, 3.63) is 33.9 Å². The van der Waals surface area contributed by atoms with Crippen LogP contribution in [0.25, 0.3) is 10.2 Å². The lowest BCUT2D eigenvalue weighted by Crippen LogP contribution is -2.08. The number of aromatic nitrogens is 3. The van der Waals surface area contributed by atoms with Crippen molar-refractivity contribution >= 4 is 38.7 Å². The lowest BCUT2D eigenvalue weighted by Gasteiger charge is -2.12. The SMILES string of the molecule is Cc1csc([C@H](C)Nc2ncnc3sccc23)n1. The minimum atomic E-state index is 0.154. The fourth-order valence-corrected chi connectivity index (χ4v) is 3.28. The zero-order valence-corrected chi connectivity index (χ0v) is 11.7. The average molecular weight is 276 g/mol. The normalized spacial score (nSPS) is 12.8. The summed E-state index contributed by atoms with van der Waals surface area (Å²) in [7, 11) is 0. The third-order valence-corrected chi connectivity index (χ3v) is 4.59. The molecule has 0 aromatic carbocycles. The molecule has 0 spiro atoms. The fourth-order valence-electron chi connectivity index (χ4n) is 1.74. The number of hydrogen-bond donors (Lipinski definition) is 1. The van der Waals surface area contributed by atoms with Gasteiger partial charge in [0.15, 0.2) is 0 Å². The van der Waals surface area contributed by atoms with E-state index in [4.69, 9.17) is 0 Å². The number of thiazole rings is 1. The van der Waals surface area contributed by atoms with Crippen LogP contribution in [0, 0.1) is 6.92 Å². The van der Waals surface area contributed by atoms with Crippen molar-refractivity contribution in [2.24, 2.45) is 0 Å². The second-order valence-electron chi connectivity index (χ2n) is 4.05. The Morgan fingerprint density at radius 1 is 1.28 bits per heavy atom. The Balaban J connectivity index is 1.90. The molecule has 1 atom stereocenters. The molecule has 3 aromatic heterocycles. The quantitative estimate of drug-likeness (QED) is 0.793. The van der Waals surface area contributed by atoms with Crippen LogP contribution in [0.3, 0.4) is 0 Å². The summed E-state index contributed by atoms with van der Waals surface area (Å²) in [6.45, 7) is 4.10. The number of nitrogens with one attached hydrogen (secondary N) is 1. The van der Waals surface area contributed by atoms with Crippen LogP contribution in [0.5, 0.6) is 0 Å². The molecular formula is C12H12N4S2. The van der Waals surface area contributed by atoms with Crippen molar-refractivity contribution < 1.29 is 0 Å². The molecule has 0 bridgehead atoms. The first kappa shape index (κ1) is 11.6. The Morgan fingerprint density at radius 2 is 2.17 bits per heavy atom. The maximum absolute atomic E-state index is 4.49. The van der Waals surface area contributed by atoms with Gasteiger partial charge in [-0.05, 0) is 25.3 Å². The average Bonchev–Trinajstić information content (AvgIpc) is 2.97. The molecule has 0 fully saturated rings. The van der Waals surface area contributed by atoms with Crippen molar-refractivity contribution in [2.45, 2.75) is 19.9 Å². The summed E-state index contributed by atoms with van der Waals surface area (Å²) >= 11 is 3.29. The fraction of sp³-hybridized carbons (Fsp3) is 0.250. The summed E-state index contributed by atoms with van der Waals surface area (Å²) in [5.41, 5.74) is 1.06. The van der Waals surface area contributed by atoms with Crippen molar-refractivity contribution in [2.75, 3.05) is 5.32 Å². The summed E-state index contributed by atoms with van der Waals surface area (Å²) in [5.74, 6) is 0.876. The van der Waals surface area contributed by atoms with Crippen molar-refractivity contribution in [3.8, 4) is 0 Å². The van der Waals surface area contributed by atoms with Crippen molar-refractivity contribution in [1.82, 2.24) is 15.0 Å². The first-order valence-electron chi connectivity index (χ1n) is 5.61. The predicted octanol–water partition coefficient (Wildman–Crippen LogP) is 3.63. The second kappa shape index (κ2) is 4.62. The maximum Gasteiger partial charge on any atom is 0.138 e. The van der Waals surface area contributed by atoms with Crippen LogP contribution in [0.1, 0.15) is 23.7 Å². The number of thiophene rings is 1. The van der Waals surface area contributed by atoms with Gasteiger partial charge in [0, 0.05) is 11.1 Å². The van der Waals surface area contributed by atoms with Gasteiger partial charge in [-0.15, -0.1) is 22.7 Å². The molecular weight excluding hydrogens is 264 g/mol. The highest BCUT2D eigenvalue weighted by Gasteiger charge is 2.12. The van der Waals surface area contributed by atoms with Gasteiger partial charge < -0.3 is 5.32 Å². The second-order valence-corrected chi connectivity index (χ2v) is 5.84. The van der Waals surface area contributed by atoms with Gasteiger partial charge in [0.25, 0.3) is 0 Å². The van der Waals surface area contributed by atoms with Crippen molar-refractivity contribution in [1.29, 1.82) is 0 Å². The molecule has 92 valence electrons. The molecule has 0 unspecified atom stereocenters. The van der Waals surface area contributed by atoms with E-state index in [0.717, 1.165) is 26.7 Å². The van der Waals surface area contributed by atoms with E-state index < -0.39 is 0 Å². The molecule has 0 radical (unpaired) electrons. The summed E-state index contributed by atoms with van der Waals surface area (Å²) in [6, 6.07) is 2.20. The number of nitrogens with zero attached hydrogens (tertiary/aromatic N) is 3. The maximum atomic E-state index is 4.49. The van der Waals surface area contributed by atoms with Crippen LogP contribution in [0.2, 0.25) is 0 Å². The van der Waals surface area contributed by atoms with Gasteiger partial charge in [0.1, 0.15) is 22.0 Å². The first-order chi connectivity index (χ1) is 8.74. The molecule has 0 saturated heterocycles. The van der Waals surface area contributed by atoms with E-state index in [1.54, 1.807) is 29.0 Å². The lowest BCUT2D eigenvalue weighted by molar-refractivity contribution is 0.857. The van der Waals surface area contributed by atoms with Crippen LogP contribution in [-0.2, 0) is 0 Å². The highest BCUT2D eigenvalue weighted by Crippen LogP contribution is 2.27. The molecule has 0 amide bonds. The number of aryl methyl sites for hydroxylation is 1. The molecule has 18 heavy (non-hydrogen) atoms. The molecule has 6 heteroatoms. The lowest BCUT2D eigenvalue weighted by atomic mass is 10.3. The van der Waals surface area contributed by atoms with Crippen LogP contribution in [-0.4, -0.2) is 15.0 Å². The first-order valence-corrected chi connectivity index (χ1v) is 7.37. The summed E-state index contributed by atoms with van der Waals surface area (Å²) in [4.78, 5) is 14.1. The largest absolute Gasteiger partial charge is 0.360 e. The van der Waals surface area contributed by atoms with E-state index >= 15 is 0 Å². The van der Waals surface area contributed by atoms with E-state index in [9.17, 15) is 0 Å². The van der Waals surface area contributed by atoms with Gasteiger partial charge in [-0.1, -0.05) is 0 Å². The van der Waals surface area contributed by atoms with Crippen LogP contribution in [0.4, 0.5) is 5.82 Å². The molecule has 4 nitrogen and oxygen atoms in total. The van der Waals surface area contributed by atoms with Gasteiger partial charge in [-0.2, -0.15) is 0 Å². The molecule has 0 aliphatic rings. The number of hydrogen-bond acceptors (Lipinski definition) is 6. The highest BCUT2D eigenvalue weighted by atomic mass is 32.1. The van der Waals surface area contributed by atoms with Crippen LogP contribution in [0.15, 0.2) is 23.2 Å². The molecule has 0 aliphatic heterocycles. The zero-order chi connectivity index (χ0) is 12.5. The molecule has 0 aliphatic carbocycles. The number of rotatable bonds is 3. The summed E-state index contributed by atoms with van der Waals surface area (Å²) in [5, 5.41) is 9.65. The predicted molar refractivity (Wildman–Crippen MR) is 76.3 cm³/mol. The molecule has 1 N–H and O–H groups in total. The van der Waals surface area contributed by atoms with E-state index in [0.29, 0.717) is 0 Å². The van der Waals surface area contributed by atoms with Crippen molar-refractivity contribution in [3.63, 3.8) is 0 Å². The Hall–Kier alpha value is -1.53. The molecule has 3 rings (SSSR count). The monoisotopic (exact) mass is 276 g/mol. The standard InChI is InChI=1S/C12H12N4S2/c1-7-5-18-11(15-7)8(2)16-10-9-3-4-17-12(9)14-6-13-10/h3-6,8H,1-2H3,(H,13,14,16)/t8-/m0/s1. The number of anilines is 1. The minimum Gasteiger partial charge on any atom is -0.360 e. The highest BCUT2D eigenvalue weighted by molar-refractivity contribution is 7.16.